The van der Waals surface area contributed by atoms with E-state index in [1.807, 2.05) is 0 Å². The lowest BCUT2D eigenvalue weighted by Gasteiger charge is -2.15. The van der Waals surface area contributed by atoms with Crippen LogP contribution in [0.3, 0.4) is 0 Å². The Kier molecular flexibility index (Phi) is 1.10. The highest BCUT2D eigenvalue weighted by molar-refractivity contribution is 5.00. The fourth-order valence-electron chi connectivity index (χ4n) is 0.694. The summed E-state index contributed by atoms with van der Waals surface area (Å²) in [7, 11) is 1.59. The Morgan fingerprint density at radius 3 is 1.89 bits per heavy atom. The van der Waals surface area contributed by atoms with Crippen LogP contribution in [0.4, 0.5) is 8.78 Å². The molecule has 2 nitrogen and oxygen atoms in total. The molecule has 0 spiro atoms. The van der Waals surface area contributed by atoms with Crippen molar-refractivity contribution in [3.05, 3.63) is 0 Å². The van der Waals surface area contributed by atoms with Gasteiger partial charge in [-0.3, -0.25) is 0 Å². The second kappa shape index (κ2) is 1.44. The van der Waals surface area contributed by atoms with Crippen LogP contribution in [0.25, 0.3) is 0 Å². The van der Waals surface area contributed by atoms with Crippen molar-refractivity contribution in [3.63, 3.8) is 0 Å². The zero-order chi connectivity index (χ0) is 7.28. The standard InChI is InChI=1S/C5H10F2N2/c1-4(6,7)5(2)8-9(5)3/h8H,1-3H3. The zero-order valence-corrected chi connectivity index (χ0v) is 5.70. The van der Waals surface area contributed by atoms with Gasteiger partial charge >= 0.3 is 0 Å². The Labute approximate surface area is 52.8 Å². The molecule has 0 amide bonds. The molecule has 0 radical (unpaired) electrons. The predicted octanol–water partition coefficient (Wildman–Crippen LogP) is 0.808. The molecule has 0 bridgehead atoms. The molecule has 2 unspecified atom stereocenters. The minimum Gasteiger partial charge on any atom is -0.227 e. The van der Waals surface area contributed by atoms with E-state index in [-0.39, 0.29) is 0 Å². The van der Waals surface area contributed by atoms with Crippen LogP contribution in [0.5, 0.6) is 0 Å². The quantitative estimate of drug-likeness (QED) is 0.539. The van der Waals surface area contributed by atoms with Crippen LogP contribution >= 0.6 is 0 Å². The molecular formula is C5H10F2N2. The minimum atomic E-state index is -2.66. The number of nitrogens with one attached hydrogen (secondary N) is 1. The van der Waals surface area contributed by atoms with E-state index >= 15 is 0 Å². The summed E-state index contributed by atoms with van der Waals surface area (Å²) in [6.45, 7) is 2.37. The first-order chi connectivity index (χ1) is 3.88. The average Bonchev–Trinajstić information content (AvgIpc) is 2.13. The van der Waals surface area contributed by atoms with E-state index in [1.165, 1.54) is 11.9 Å². The number of hydrogen-bond acceptors (Lipinski definition) is 2. The molecule has 1 N–H and O–H groups in total. The summed E-state index contributed by atoms with van der Waals surface area (Å²) in [6.07, 6.45) is 0. The molecule has 0 aromatic carbocycles. The smallest absolute Gasteiger partial charge is 0.227 e. The summed E-state index contributed by atoms with van der Waals surface area (Å²) in [4.78, 5) is 0. The topological polar surface area (TPSA) is 25.0 Å². The molecule has 1 saturated heterocycles. The summed E-state index contributed by atoms with van der Waals surface area (Å²) < 4.78 is 24.9. The predicted molar refractivity (Wildman–Crippen MR) is 29.9 cm³/mol. The van der Waals surface area contributed by atoms with Crippen molar-refractivity contribution in [2.24, 2.45) is 0 Å². The van der Waals surface area contributed by atoms with Gasteiger partial charge in [-0.1, -0.05) is 0 Å². The van der Waals surface area contributed by atoms with Gasteiger partial charge in [0.05, 0.1) is 0 Å². The first-order valence-corrected chi connectivity index (χ1v) is 2.77. The highest BCUT2D eigenvalue weighted by Gasteiger charge is 2.60. The van der Waals surface area contributed by atoms with Crippen LogP contribution in [0.15, 0.2) is 0 Å². The highest BCUT2D eigenvalue weighted by Crippen LogP contribution is 2.37. The van der Waals surface area contributed by atoms with Crippen molar-refractivity contribution in [2.75, 3.05) is 7.05 Å². The Balaban J connectivity index is 2.64. The van der Waals surface area contributed by atoms with Gasteiger partial charge < -0.3 is 0 Å². The normalized spacial score (nSPS) is 43.0. The SMILES string of the molecule is CN1NC1(C)C(C)(F)F. The third-order valence-corrected chi connectivity index (χ3v) is 1.86. The lowest BCUT2D eigenvalue weighted by atomic mass is 10.1. The first kappa shape index (κ1) is 6.89. The molecule has 9 heavy (non-hydrogen) atoms. The third-order valence-electron chi connectivity index (χ3n) is 1.86. The number of hydrazine groups is 1. The fraction of sp³-hybridized carbons (Fsp3) is 1.00. The second-order valence-electron chi connectivity index (χ2n) is 2.63. The summed E-state index contributed by atoms with van der Waals surface area (Å²) >= 11 is 0. The maximum atomic E-state index is 12.4. The van der Waals surface area contributed by atoms with Gasteiger partial charge in [-0.2, -0.15) is 0 Å². The molecule has 0 aliphatic carbocycles. The molecule has 1 aliphatic heterocycles. The molecule has 4 heteroatoms. The van der Waals surface area contributed by atoms with Gasteiger partial charge in [-0.05, 0) is 6.92 Å². The molecule has 1 fully saturated rings. The summed E-state index contributed by atoms with van der Waals surface area (Å²) in [5.41, 5.74) is 1.43. The molecule has 0 aromatic heterocycles. The van der Waals surface area contributed by atoms with E-state index in [9.17, 15) is 8.78 Å². The van der Waals surface area contributed by atoms with Crippen molar-refractivity contribution in [3.8, 4) is 0 Å². The average molecular weight is 136 g/mol. The Morgan fingerprint density at radius 2 is 1.89 bits per heavy atom. The maximum absolute atomic E-state index is 12.4. The van der Waals surface area contributed by atoms with Crippen molar-refractivity contribution in [2.45, 2.75) is 25.4 Å². The molecule has 54 valence electrons. The number of rotatable bonds is 1. The molecule has 0 saturated carbocycles. The largest absolute Gasteiger partial charge is 0.278 e. The van der Waals surface area contributed by atoms with Gasteiger partial charge in [-0.15, -0.1) is 0 Å². The summed E-state index contributed by atoms with van der Waals surface area (Å²) in [6, 6.07) is 0. The number of alkyl halides is 2. The van der Waals surface area contributed by atoms with Gasteiger partial charge in [0.25, 0.3) is 5.92 Å². The maximum Gasteiger partial charge on any atom is 0.278 e. The van der Waals surface area contributed by atoms with Gasteiger partial charge in [0.1, 0.15) is 0 Å². The summed E-state index contributed by atoms with van der Waals surface area (Å²) in [5.74, 6) is -2.66. The van der Waals surface area contributed by atoms with E-state index in [2.05, 4.69) is 5.43 Å². The lowest BCUT2D eigenvalue weighted by Crippen LogP contribution is -2.35. The van der Waals surface area contributed by atoms with Gasteiger partial charge in [-0.25, -0.2) is 19.2 Å². The number of halogens is 2. The van der Waals surface area contributed by atoms with Crippen molar-refractivity contribution in [1.82, 2.24) is 10.4 Å². The van der Waals surface area contributed by atoms with E-state index in [4.69, 9.17) is 0 Å². The van der Waals surface area contributed by atoms with Crippen molar-refractivity contribution in [1.29, 1.82) is 0 Å². The highest BCUT2D eigenvalue weighted by atomic mass is 19.3. The second-order valence-corrected chi connectivity index (χ2v) is 2.63. The van der Waals surface area contributed by atoms with Crippen molar-refractivity contribution >= 4 is 0 Å². The van der Waals surface area contributed by atoms with E-state index in [0.29, 0.717) is 0 Å². The first-order valence-electron chi connectivity index (χ1n) is 2.77. The molecule has 1 aliphatic rings. The van der Waals surface area contributed by atoms with Gasteiger partial charge in [0.15, 0.2) is 5.66 Å². The van der Waals surface area contributed by atoms with Crippen LogP contribution < -0.4 is 5.43 Å². The molecule has 1 heterocycles. The van der Waals surface area contributed by atoms with E-state index < -0.39 is 11.6 Å². The van der Waals surface area contributed by atoms with Crippen molar-refractivity contribution < 1.29 is 8.78 Å². The van der Waals surface area contributed by atoms with Gasteiger partial charge in [0, 0.05) is 14.0 Å². The number of hydrogen-bond donors (Lipinski definition) is 1. The van der Waals surface area contributed by atoms with Gasteiger partial charge in [0.2, 0.25) is 0 Å². The molecule has 1 rings (SSSR count). The van der Waals surface area contributed by atoms with Crippen LogP contribution in [0.2, 0.25) is 0 Å². The minimum absolute atomic E-state index is 0.906. The van der Waals surface area contributed by atoms with E-state index in [1.54, 1.807) is 7.05 Å². The molecule has 0 aromatic rings. The summed E-state index contributed by atoms with van der Waals surface area (Å²) in [5, 5.41) is 1.40. The van der Waals surface area contributed by atoms with Crippen LogP contribution in [0.1, 0.15) is 13.8 Å². The molecule has 2 atom stereocenters. The zero-order valence-electron chi connectivity index (χ0n) is 5.70. The van der Waals surface area contributed by atoms with Crippen LogP contribution in [-0.4, -0.2) is 23.6 Å². The Bertz CT molecular complexity index is 131. The van der Waals surface area contributed by atoms with Crippen LogP contribution in [0, 0.1) is 0 Å². The third kappa shape index (κ3) is 0.822. The Hall–Kier alpha value is -0.220. The molecular weight excluding hydrogens is 126 g/mol. The van der Waals surface area contributed by atoms with E-state index in [0.717, 1.165) is 6.92 Å². The Morgan fingerprint density at radius 1 is 1.56 bits per heavy atom. The lowest BCUT2D eigenvalue weighted by molar-refractivity contribution is -0.0301. The number of nitrogens with zero attached hydrogens (tertiary/aromatic N) is 1. The van der Waals surface area contributed by atoms with Crippen LogP contribution in [-0.2, 0) is 0 Å². The fourth-order valence-corrected chi connectivity index (χ4v) is 0.694. The monoisotopic (exact) mass is 136 g/mol.